The molecule has 7 aromatic carbocycles. The predicted molar refractivity (Wildman–Crippen MR) is 319 cm³/mol. The molecule has 0 aliphatic carbocycles. The number of H-pyrrole nitrogens is 2. The number of hydrogen-bond acceptors (Lipinski definition) is 5. The lowest BCUT2D eigenvalue weighted by Crippen LogP contribution is -2.46. The summed E-state index contributed by atoms with van der Waals surface area (Å²) in [6, 6.07) is 44.6. The van der Waals surface area contributed by atoms with Gasteiger partial charge in [0.1, 0.15) is 23.9 Å². The first-order chi connectivity index (χ1) is 38.5. The van der Waals surface area contributed by atoms with Crippen molar-refractivity contribution in [3.63, 3.8) is 0 Å². The number of ether oxygens (including phenoxy) is 3. The third kappa shape index (κ3) is 10.6. The number of hydrogen-bond donors (Lipinski definition) is 3. The van der Waals surface area contributed by atoms with Crippen LogP contribution < -0.4 is 28.7 Å². The summed E-state index contributed by atoms with van der Waals surface area (Å²) in [6.45, 7) is 10.8. The van der Waals surface area contributed by atoms with Crippen molar-refractivity contribution < 1.29 is 32.9 Å². The Morgan fingerprint density at radius 3 is 1.62 bits per heavy atom. The van der Waals surface area contributed by atoms with E-state index in [9.17, 15) is 9.59 Å². The average molecular weight is 1070 g/mol. The maximum absolute atomic E-state index is 14.5. The summed E-state index contributed by atoms with van der Waals surface area (Å²) in [7, 11) is 3.38. The molecule has 0 unspecified atom stereocenters. The van der Waals surface area contributed by atoms with Gasteiger partial charge in [0.2, 0.25) is 13.1 Å². The summed E-state index contributed by atoms with van der Waals surface area (Å²) >= 11 is 7.13. The highest BCUT2D eigenvalue weighted by Crippen LogP contribution is 2.40. The van der Waals surface area contributed by atoms with E-state index in [1.54, 1.807) is 14.2 Å². The third-order valence-electron chi connectivity index (χ3n) is 15.7. The number of halogens is 1. The third-order valence-corrected chi connectivity index (χ3v) is 16.1. The molecule has 0 saturated heterocycles. The van der Waals surface area contributed by atoms with Gasteiger partial charge in [-0.3, -0.25) is 9.59 Å². The van der Waals surface area contributed by atoms with Crippen LogP contribution in [0.3, 0.4) is 0 Å². The minimum atomic E-state index is -0.0479. The van der Waals surface area contributed by atoms with Crippen molar-refractivity contribution in [3.05, 3.63) is 197 Å². The molecule has 3 N–H and O–H groups in total. The predicted octanol–water partition coefficient (Wildman–Crippen LogP) is 13.1. The monoisotopic (exact) mass is 1070 g/mol. The minimum Gasteiger partial charge on any atom is -0.497 e. The van der Waals surface area contributed by atoms with Crippen molar-refractivity contribution in [2.24, 2.45) is 0 Å². The summed E-state index contributed by atoms with van der Waals surface area (Å²) in [4.78, 5) is 37.0. The average Bonchev–Trinajstić information content (AvgIpc) is 4.26. The number of pyridine rings is 2. The zero-order valence-corrected chi connectivity index (χ0v) is 46.4. The Hall–Kier alpha value is -8.67. The van der Waals surface area contributed by atoms with Gasteiger partial charge < -0.3 is 34.4 Å². The van der Waals surface area contributed by atoms with Crippen molar-refractivity contribution in [1.82, 2.24) is 20.2 Å². The van der Waals surface area contributed by atoms with Crippen LogP contribution in [0.4, 0.5) is 0 Å². The molecule has 4 heterocycles. The molecule has 12 heteroatoms. The standard InChI is InChI=1S/C67H63ClN6O5/c1-42-56-38-72(32-28-52(56)44(3)66-62(42)54-36-50(77-5)24-26-58(54)70-66)40-60(75)69-30-14-9-15-31-74(34-35-79-49-22-20-47(21-23-49)64(46-16-10-7-11-17-46)65(68)48-18-12-8-13-19-48)61(76)41-73-33-29-53-45(4)67-63(43(2)57(53)39-73)55-37-51(78-6)25-27-59(55)71-67/h7-8,10-13,16-29,32-33,36-39H,9,14-15,30-31,34-35,40-41H2,1-6H3,(H,69,75)/p+2/b65-64+. The van der Waals surface area contributed by atoms with Crippen molar-refractivity contribution >= 4 is 99.2 Å². The molecule has 0 saturated carbocycles. The molecule has 0 radical (unpaired) electrons. The summed E-state index contributed by atoms with van der Waals surface area (Å²) < 4.78 is 21.5. The molecule has 0 aliphatic rings. The topological polar surface area (TPSA) is 116 Å². The Labute approximate surface area is 465 Å². The summed E-state index contributed by atoms with van der Waals surface area (Å²) in [5.41, 5.74) is 12.8. The van der Waals surface area contributed by atoms with Crippen molar-refractivity contribution in [3.8, 4) is 17.2 Å². The zero-order chi connectivity index (χ0) is 54.7. The second-order valence-corrected chi connectivity index (χ2v) is 20.9. The van der Waals surface area contributed by atoms with Crippen LogP contribution in [-0.4, -0.2) is 67.1 Å². The Morgan fingerprint density at radius 2 is 1.06 bits per heavy atom. The van der Waals surface area contributed by atoms with E-state index in [0.717, 1.165) is 129 Å². The molecule has 0 fully saturated rings. The quantitative estimate of drug-likeness (QED) is 0.0424. The van der Waals surface area contributed by atoms with Gasteiger partial charge in [0, 0.05) is 74.1 Å². The largest absolute Gasteiger partial charge is 0.497 e. The molecular weight excluding hydrogens is 1000 g/mol. The molecule has 11 aromatic rings. The maximum atomic E-state index is 14.5. The van der Waals surface area contributed by atoms with Gasteiger partial charge in [-0.15, -0.1) is 0 Å². The molecule has 11 rings (SSSR count). The number of aryl methyl sites for hydroxylation is 4. The Balaban J connectivity index is 0.766. The number of rotatable bonds is 19. The minimum absolute atomic E-state index is 0.0000666. The maximum Gasteiger partial charge on any atom is 0.288 e. The van der Waals surface area contributed by atoms with E-state index in [4.69, 9.17) is 25.8 Å². The van der Waals surface area contributed by atoms with Gasteiger partial charge in [0.05, 0.1) is 36.8 Å². The molecule has 0 atom stereocenters. The molecule has 0 bridgehead atoms. The second kappa shape index (κ2) is 22.7. The van der Waals surface area contributed by atoms with Gasteiger partial charge in [-0.05, 0) is 145 Å². The first-order valence-electron chi connectivity index (χ1n) is 27.1. The van der Waals surface area contributed by atoms with Crippen LogP contribution in [0.1, 0.15) is 58.2 Å². The van der Waals surface area contributed by atoms with Gasteiger partial charge >= 0.3 is 0 Å². The molecule has 0 spiro atoms. The summed E-state index contributed by atoms with van der Waals surface area (Å²) in [5, 5.41) is 12.9. The van der Waals surface area contributed by atoms with Crippen LogP contribution in [0, 0.1) is 27.7 Å². The lowest BCUT2D eigenvalue weighted by atomic mass is 9.95. The van der Waals surface area contributed by atoms with E-state index in [1.165, 1.54) is 10.9 Å². The fraction of sp³-hybridized carbons (Fsp3) is 0.224. The second-order valence-electron chi connectivity index (χ2n) is 20.5. The van der Waals surface area contributed by atoms with E-state index in [1.807, 2.05) is 111 Å². The van der Waals surface area contributed by atoms with Crippen molar-refractivity contribution in [2.75, 3.05) is 40.5 Å². The number of fused-ring (bicyclic) bond motifs is 8. The van der Waals surface area contributed by atoms with E-state index in [-0.39, 0.29) is 24.9 Å². The van der Waals surface area contributed by atoms with E-state index >= 15 is 0 Å². The van der Waals surface area contributed by atoms with Gasteiger partial charge in [-0.2, -0.15) is 9.13 Å². The van der Waals surface area contributed by atoms with Crippen LogP contribution in [0.5, 0.6) is 17.2 Å². The Morgan fingerprint density at radius 1 is 0.544 bits per heavy atom. The molecule has 2 amide bonds. The lowest BCUT2D eigenvalue weighted by Gasteiger charge is -2.22. The molecule has 0 aliphatic heterocycles. The number of amides is 2. The highest BCUT2D eigenvalue weighted by Gasteiger charge is 2.23. The number of benzene rings is 7. The Bertz CT molecular complexity index is 4130. The van der Waals surface area contributed by atoms with Crippen LogP contribution >= 0.6 is 11.6 Å². The number of unbranched alkanes of at least 4 members (excludes halogenated alkanes) is 2. The molecule has 398 valence electrons. The zero-order valence-electron chi connectivity index (χ0n) is 45.6. The number of aromatic amines is 2. The van der Waals surface area contributed by atoms with Crippen LogP contribution in [0.15, 0.2) is 158 Å². The molecule has 79 heavy (non-hydrogen) atoms. The molecule has 11 nitrogen and oxygen atoms in total. The van der Waals surface area contributed by atoms with Gasteiger partial charge in [0.25, 0.3) is 11.8 Å². The Kier molecular flexibility index (Phi) is 15.1. The number of nitrogens with zero attached hydrogens (tertiary/aromatic N) is 3. The van der Waals surface area contributed by atoms with E-state index in [0.29, 0.717) is 37.0 Å². The number of carbonyl (C=O) groups is 2. The van der Waals surface area contributed by atoms with Gasteiger partial charge in [-0.25, -0.2) is 0 Å². The van der Waals surface area contributed by atoms with E-state index < -0.39 is 0 Å². The van der Waals surface area contributed by atoms with Crippen molar-refractivity contribution in [2.45, 2.75) is 60.0 Å². The SMILES string of the molecule is COc1ccc2[nH]c3c(C)c4cc[n+](CC(=O)NCCCCCN(CCOc5ccc(/C(=C(/Cl)c6ccccc6)c6ccccc6)cc5)C(=O)C[n+]5ccc6c(C)c7[nH]c8ccc(OC)cc8c7c(C)c6c5)cc4c(C)c3c2c1. The normalized spacial score (nSPS) is 12.0. The molecular formula is C67H65ClN6O5+2. The van der Waals surface area contributed by atoms with Crippen molar-refractivity contribution in [1.29, 1.82) is 0 Å². The number of methoxy groups -OCH3 is 2. The smallest absolute Gasteiger partial charge is 0.288 e. The van der Waals surface area contributed by atoms with Crippen LogP contribution in [0.2, 0.25) is 0 Å². The summed E-state index contributed by atoms with van der Waals surface area (Å²) in [6.07, 6.45) is 10.5. The molecule has 4 aromatic heterocycles. The van der Waals surface area contributed by atoms with Crippen LogP contribution in [-0.2, 0) is 22.7 Å². The van der Waals surface area contributed by atoms with Gasteiger partial charge in [-0.1, -0.05) is 84.4 Å². The first-order valence-corrected chi connectivity index (χ1v) is 27.5. The van der Waals surface area contributed by atoms with Gasteiger partial charge in [0.15, 0.2) is 24.8 Å². The van der Waals surface area contributed by atoms with Crippen LogP contribution in [0.25, 0.3) is 75.8 Å². The highest BCUT2D eigenvalue weighted by molar-refractivity contribution is 6.53. The van der Waals surface area contributed by atoms with E-state index in [2.05, 4.69) is 104 Å². The number of aromatic nitrogens is 4. The fourth-order valence-corrected chi connectivity index (χ4v) is 11.8. The summed E-state index contributed by atoms with van der Waals surface area (Å²) in [5.74, 6) is 2.27. The fourth-order valence-electron chi connectivity index (χ4n) is 11.4. The number of nitrogens with one attached hydrogen (secondary N) is 3. The number of carbonyl (C=O) groups excluding carboxylic acids is 2. The first kappa shape index (κ1) is 52.4. The lowest BCUT2D eigenvalue weighted by molar-refractivity contribution is -0.683. The highest BCUT2D eigenvalue weighted by atomic mass is 35.5.